The smallest absolute Gasteiger partial charge is 0.220 e. The molecule has 1 atom stereocenters. The molecule has 0 saturated heterocycles. The van der Waals surface area contributed by atoms with Crippen molar-refractivity contribution in [3.05, 3.63) is 23.8 Å². The average molecular weight is 294 g/mol. The van der Waals surface area contributed by atoms with Gasteiger partial charge < -0.3 is 20.9 Å². The summed E-state index contributed by atoms with van der Waals surface area (Å²) in [6, 6.07) is 5.84. The van der Waals surface area contributed by atoms with Crippen molar-refractivity contribution in [2.24, 2.45) is 11.5 Å². The van der Waals surface area contributed by atoms with Crippen LogP contribution in [0.1, 0.15) is 38.7 Å². The van der Waals surface area contributed by atoms with E-state index in [2.05, 4.69) is 13.8 Å². The fourth-order valence-electron chi connectivity index (χ4n) is 1.84. The third kappa shape index (κ3) is 6.49. The Labute approximate surface area is 126 Å². The van der Waals surface area contributed by atoms with E-state index in [9.17, 15) is 4.79 Å². The minimum absolute atomic E-state index is 0.0888. The van der Waals surface area contributed by atoms with Crippen LogP contribution in [0.5, 0.6) is 11.5 Å². The van der Waals surface area contributed by atoms with Crippen LogP contribution in [0.2, 0.25) is 0 Å². The molecule has 0 heterocycles. The first-order valence-electron chi connectivity index (χ1n) is 7.49. The molecule has 1 aromatic carbocycles. The third-order valence-electron chi connectivity index (χ3n) is 3.12. The number of rotatable bonds is 10. The zero-order valence-electron chi connectivity index (χ0n) is 12.9. The zero-order chi connectivity index (χ0) is 15.7. The highest BCUT2D eigenvalue weighted by Gasteiger charge is 2.10. The van der Waals surface area contributed by atoms with Crippen LogP contribution in [-0.4, -0.2) is 25.2 Å². The molecule has 0 aliphatic rings. The second-order valence-corrected chi connectivity index (χ2v) is 5.06. The molecule has 0 aliphatic carbocycles. The second-order valence-electron chi connectivity index (χ2n) is 5.06. The molecule has 0 aromatic heterocycles. The molecule has 0 aliphatic heterocycles. The molecule has 0 saturated carbocycles. The first kappa shape index (κ1) is 17.3. The predicted molar refractivity (Wildman–Crippen MR) is 83.5 cm³/mol. The molecule has 5 nitrogen and oxygen atoms in total. The Morgan fingerprint density at radius 3 is 2.62 bits per heavy atom. The number of nitrogens with two attached hydrogens (primary N) is 2. The molecular weight excluding hydrogens is 268 g/mol. The molecule has 0 fully saturated rings. The first-order chi connectivity index (χ1) is 10.1. The van der Waals surface area contributed by atoms with Gasteiger partial charge in [0, 0.05) is 12.1 Å². The molecule has 5 heteroatoms. The van der Waals surface area contributed by atoms with E-state index in [1.165, 1.54) is 0 Å². The van der Waals surface area contributed by atoms with Gasteiger partial charge in [-0.2, -0.15) is 0 Å². The van der Waals surface area contributed by atoms with Crippen LogP contribution in [0.3, 0.4) is 0 Å². The van der Waals surface area contributed by atoms with Gasteiger partial charge in [0.2, 0.25) is 5.91 Å². The Hall–Kier alpha value is -1.75. The lowest BCUT2D eigenvalue weighted by Gasteiger charge is -2.16. The van der Waals surface area contributed by atoms with E-state index in [0.29, 0.717) is 12.4 Å². The van der Waals surface area contributed by atoms with Crippen molar-refractivity contribution in [3.8, 4) is 11.5 Å². The normalized spacial score (nSPS) is 12.0. The van der Waals surface area contributed by atoms with Gasteiger partial charge in [0.1, 0.15) is 11.5 Å². The van der Waals surface area contributed by atoms with Gasteiger partial charge in [-0.1, -0.05) is 19.9 Å². The summed E-state index contributed by atoms with van der Waals surface area (Å²) >= 11 is 0. The number of carbonyl (C=O) groups is 1. The minimum Gasteiger partial charge on any atom is -0.493 e. The molecular formula is C16H26N2O3. The Kier molecular flexibility index (Phi) is 7.61. The van der Waals surface area contributed by atoms with E-state index in [1.807, 2.05) is 18.2 Å². The molecule has 1 amide bonds. The molecule has 0 bridgehead atoms. The molecule has 1 rings (SSSR count). The number of primary amides is 1. The summed E-state index contributed by atoms with van der Waals surface area (Å²) in [4.78, 5) is 10.8. The largest absolute Gasteiger partial charge is 0.493 e. The average Bonchev–Trinajstić information content (AvgIpc) is 2.46. The third-order valence-corrected chi connectivity index (χ3v) is 3.12. The number of hydrogen-bond acceptors (Lipinski definition) is 4. The highest BCUT2D eigenvalue weighted by Crippen LogP contribution is 2.26. The zero-order valence-corrected chi connectivity index (χ0v) is 12.9. The summed E-state index contributed by atoms with van der Waals surface area (Å²) < 4.78 is 11.3. The quantitative estimate of drug-likeness (QED) is 0.691. The lowest BCUT2D eigenvalue weighted by atomic mass is 10.0. The highest BCUT2D eigenvalue weighted by molar-refractivity contribution is 5.73. The van der Waals surface area contributed by atoms with Gasteiger partial charge >= 0.3 is 0 Å². The Bertz CT molecular complexity index is 449. The van der Waals surface area contributed by atoms with Gasteiger partial charge in [-0.3, -0.25) is 4.79 Å². The fraction of sp³-hybridized carbons (Fsp3) is 0.562. The molecule has 1 unspecified atom stereocenters. The summed E-state index contributed by atoms with van der Waals surface area (Å²) in [6.07, 6.45) is 2.77. The lowest BCUT2D eigenvalue weighted by molar-refractivity contribution is -0.118. The number of hydrogen-bond donors (Lipinski definition) is 2. The van der Waals surface area contributed by atoms with Crippen LogP contribution in [-0.2, 0) is 11.2 Å². The van der Waals surface area contributed by atoms with Crippen LogP contribution in [0.15, 0.2) is 18.2 Å². The molecule has 0 spiro atoms. The second kappa shape index (κ2) is 9.23. The first-order valence-corrected chi connectivity index (χ1v) is 7.49. The SMILES string of the molecule is CCCOc1ccc(CC(N)CC)c(OCCC(N)=O)c1. The van der Waals surface area contributed by atoms with Crippen molar-refractivity contribution < 1.29 is 14.3 Å². The molecule has 21 heavy (non-hydrogen) atoms. The Morgan fingerprint density at radius 2 is 2.00 bits per heavy atom. The van der Waals surface area contributed by atoms with Gasteiger partial charge in [0.25, 0.3) is 0 Å². The van der Waals surface area contributed by atoms with Crippen molar-refractivity contribution in [2.75, 3.05) is 13.2 Å². The summed E-state index contributed by atoms with van der Waals surface area (Å²) in [5.74, 6) is 1.11. The van der Waals surface area contributed by atoms with E-state index in [1.54, 1.807) is 0 Å². The van der Waals surface area contributed by atoms with Gasteiger partial charge in [0.05, 0.1) is 19.6 Å². The van der Waals surface area contributed by atoms with Gasteiger partial charge in [-0.05, 0) is 30.9 Å². The van der Waals surface area contributed by atoms with Crippen LogP contribution in [0.25, 0.3) is 0 Å². The Morgan fingerprint density at radius 1 is 1.24 bits per heavy atom. The fourth-order valence-corrected chi connectivity index (χ4v) is 1.84. The standard InChI is InChI=1S/C16H26N2O3/c1-3-8-20-14-6-5-12(10-13(17)4-2)15(11-14)21-9-7-16(18)19/h5-6,11,13H,3-4,7-10,17H2,1-2H3,(H2,18,19). The van der Waals surface area contributed by atoms with Crippen LogP contribution in [0.4, 0.5) is 0 Å². The molecule has 1 aromatic rings. The summed E-state index contributed by atoms with van der Waals surface area (Å²) in [5.41, 5.74) is 12.2. The van der Waals surface area contributed by atoms with E-state index >= 15 is 0 Å². The Balaban J connectivity index is 2.80. The van der Waals surface area contributed by atoms with Crippen LogP contribution in [0, 0.1) is 0 Å². The van der Waals surface area contributed by atoms with Gasteiger partial charge in [-0.15, -0.1) is 0 Å². The maximum absolute atomic E-state index is 10.8. The van der Waals surface area contributed by atoms with Crippen molar-refractivity contribution >= 4 is 5.91 Å². The molecule has 4 N–H and O–H groups in total. The van der Waals surface area contributed by atoms with Gasteiger partial charge in [0.15, 0.2) is 0 Å². The monoisotopic (exact) mass is 294 g/mol. The maximum Gasteiger partial charge on any atom is 0.220 e. The van der Waals surface area contributed by atoms with E-state index in [0.717, 1.165) is 30.6 Å². The van der Waals surface area contributed by atoms with Crippen molar-refractivity contribution in [2.45, 2.75) is 45.6 Å². The summed E-state index contributed by atoms with van der Waals surface area (Å²) in [7, 11) is 0. The van der Waals surface area contributed by atoms with Crippen LogP contribution < -0.4 is 20.9 Å². The van der Waals surface area contributed by atoms with Crippen LogP contribution >= 0.6 is 0 Å². The summed E-state index contributed by atoms with van der Waals surface area (Å²) in [5, 5.41) is 0. The predicted octanol–water partition coefficient (Wildman–Crippen LogP) is 2.01. The number of benzene rings is 1. The number of carbonyl (C=O) groups excluding carboxylic acids is 1. The highest BCUT2D eigenvalue weighted by atomic mass is 16.5. The van der Waals surface area contributed by atoms with Crippen molar-refractivity contribution in [1.29, 1.82) is 0 Å². The van der Waals surface area contributed by atoms with E-state index in [-0.39, 0.29) is 25.0 Å². The number of ether oxygens (including phenoxy) is 2. The summed E-state index contributed by atoms with van der Waals surface area (Å²) in [6.45, 7) is 5.03. The van der Waals surface area contributed by atoms with E-state index in [4.69, 9.17) is 20.9 Å². The van der Waals surface area contributed by atoms with Crippen molar-refractivity contribution in [3.63, 3.8) is 0 Å². The maximum atomic E-state index is 10.8. The van der Waals surface area contributed by atoms with E-state index < -0.39 is 0 Å². The number of amides is 1. The topological polar surface area (TPSA) is 87.6 Å². The molecule has 0 radical (unpaired) electrons. The van der Waals surface area contributed by atoms with Gasteiger partial charge in [-0.25, -0.2) is 0 Å². The lowest BCUT2D eigenvalue weighted by Crippen LogP contribution is -2.22. The van der Waals surface area contributed by atoms with Crippen molar-refractivity contribution in [1.82, 2.24) is 0 Å². The minimum atomic E-state index is -0.375. The molecule has 118 valence electrons.